The van der Waals surface area contributed by atoms with Gasteiger partial charge in [-0.15, -0.1) is 0 Å². The van der Waals surface area contributed by atoms with E-state index in [1.165, 1.54) is 18.4 Å². The molecule has 0 N–H and O–H groups in total. The fourth-order valence-corrected chi connectivity index (χ4v) is 0.637. The first-order valence-corrected chi connectivity index (χ1v) is 3.91. The Morgan fingerprint density at radius 1 is 1.40 bits per heavy atom. The molecule has 0 saturated heterocycles. The largest absolute Gasteiger partial charge is 0.0882 e. The lowest BCUT2D eigenvalue weighted by Gasteiger charge is -1.90. The molecule has 0 aliphatic carbocycles. The molecule has 0 aliphatic heterocycles. The molecule has 0 bridgehead atoms. The third kappa shape index (κ3) is 5.61. The summed E-state index contributed by atoms with van der Waals surface area (Å²) in [7, 11) is 0. The van der Waals surface area contributed by atoms with Gasteiger partial charge < -0.3 is 0 Å². The summed E-state index contributed by atoms with van der Waals surface area (Å²) in [6.07, 6.45) is 9.85. The minimum absolute atomic E-state index is 1.06. The van der Waals surface area contributed by atoms with Gasteiger partial charge in [0.2, 0.25) is 0 Å². The zero-order valence-electron chi connectivity index (χ0n) is 7.06. The van der Waals surface area contributed by atoms with E-state index in [4.69, 9.17) is 0 Å². The number of hydrogen-bond donors (Lipinski definition) is 0. The van der Waals surface area contributed by atoms with E-state index in [2.05, 4.69) is 32.9 Å². The van der Waals surface area contributed by atoms with Gasteiger partial charge in [-0.25, -0.2) is 0 Å². The highest BCUT2D eigenvalue weighted by atomic mass is 13.9. The molecule has 0 fully saturated rings. The molecule has 10 heavy (non-hydrogen) atoms. The van der Waals surface area contributed by atoms with Crippen LogP contribution in [-0.2, 0) is 0 Å². The lowest BCUT2D eigenvalue weighted by molar-refractivity contribution is 0.952. The van der Waals surface area contributed by atoms with Crippen molar-refractivity contribution in [3.8, 4) is 0 Å². The summed E-state index contributed by atoms with van der Waals surface area (Å²) in [5, 5.41) is 0. The summed E-state index contributed by atoms with van der Waals surface area (Å²) in [5.41, 5.74) is 1.34. The average Bonchev–Trinajstić information content (AvgIpc) is 1.98. The lowest BCUT2D eigenvalue weighted by atomic mass is 10.2. The molecule has 57 valence electrons. The van der Waals surface area contributed by atoms with Crippen LogP contribution in [0.1, 0.15) is 33.1 Å². The summed E-state index contributed by atoms with van der Waals surface area (Å²) in [4.78, 5) is 0. The van der Waals surface area contributed by atoms with Crippen molar-refractivity contribution in [3.05, 3.63) is 30.7 Å². The van der Waals surface area contributed by atoms with E-state index in [-0.39, 0.29) is 0 Å². The Morgan fingerprint density at radius 3 is 2.60 bits per heavy atom. The van der Waals surface area contributed by atoms with Crippen LogP contribution in [0.4, 0.5) is 0 Å². The summed E-state index contributed by atoms with van der Waals surface area (Å²) < 4.78 is 0. The van der Waals surface area contributed by atoms with Crippen LogP contribution in [0.2, 0.25) is 0 Å². The molecule has 0 nitrogen and oxygen atoms in total. The molecule has 0 aromatic rings. The molecular formula is C10H17. The fraction of sp³-hybridized carbons (Fsp3) is 0.500. The van der Waals surface area contributed by atoms with E-state index in [0.29, 0.717) is 0 Å². The minimum Gasteiger partial charge on any atom is -0.0882 e. The first-order chi connectivity index (χ1) is 4.81. The molecule has 0 atom stereocenters. The van der Waals surface area contributed by atoms with E-state index < -0.39 is 0 Å². The average molecular weight is 137 g/mol. The van der Waals surface area contributed by atoms with Gasteiger partial charge in [-0.2, -0.15) is 0 Å². The standard InChI is InChI=1S/C10H17/c1-4-6-7-8-9-10(3)5-2/h5,7-8H,2,4,6,9H2,1,3H3. The Hall–Kier alpha value is -0.520. The SMILES string of the molecule is [CH2]C=C(C)CC=CCCC. The number of hydrogen-bond acceptors (Lipinski definition) is 0. The fourth-order valence-electron chi connectivity index (χ4n) is 0.637. The third-order valence-electron chi connectivity index (χ3n) is 1.41. The van der Waals surface area contributed by atoms with Crippen LogP contribution in [0.25, 0.3) is 0 Å². The maximum absolute atomic E-state index is 3.69. The van der Waals surface area contributed by atoms with E-state index in [9.17, 15) is 0 Å². The van der Waals surface area contributed by atoms with Crippen molar-refractivity contribution in [3.63, 3.8) is 0 Å². The third-order valence-corrected chi connectivity index (χ3v) is 1.41. The van der Waals surface area contributed by atoms with Gasteiger partial charge in [0.25, 0.3) is 0 Å². The maximum Gasteiger partial charge on any atom is -0.0142 e. The lowest BCUT2D eigenvalue weighted by Crippen LogP contribution is -1.70. The topological polar surface area (TPSA) is 0 Å². The van der Waals surface area contributed by atoms with Crippen molar-refractivity contribution >= 4 is 0 Å². The molecule has 0 aromatic carbocycles. The van der Waals surface area contributed by atoms with Gasteiger partial charge in [-0.05, 0) is 26.7 Å². The molecule has 0 amide bonds. The van der Waals surface area contributed by atoms with Crippen molar-refractivity contribution in [1.82, 2.24) is 0 Å². The second-order valence-corrected chi connectivity index (χ2v) is 2.51. The van der Waals surface area contributed by atoms with Gasteiger partial charge in [-0.3, -0.25) is 0 Å². The summed E-state index contributed by atoms with van der Waals surface area (Å²) >= 11 is 0. The highest BCUT2D eigenvalue weighted by Crippen LogP contribution is 2.00. The molecule has 1 radical (unpaired) electrons. The van der Waals surface area contributed by atoms with E-state index in [0.717, 1.165) is 6.42 Å². The molecule has 0 rings (SSSR count). The highest BCUT2D eigenvalue weighted by molar-refractivity contribution is 5.05. The van der Waals surface area contributed by atoms with Gasteiger partial charge >= 0.3 is 0 Å². The van der Waals surface area contributed by atoms with Gasteiger partial charge in [0.15, 0.2) is 0 Å². The van der Waals surface area contributed by atoms with Crippen LogP contribution in [0.15, 0.2) is 23.8 Å². The van der Waals surface area contributed by atoms with E-state index >= 15 is 0 Å². The Morgan fingerprint density at radius 2 is 2.10 bits per heavy atom. The number of allylic oxidation sites excluding steroid dienone is 4. The molecule has 0 heteroatoms. The van der Waals surface area contributed by atoms with Crippen LogP contribution in [0, 0.1) is 6.92 Å². The second-order valence-electron chi connectivity index (χ2n) is 2.51. The highest BCUT2D eigenvalue weighted by Gasteiger charge is 1.80. The van der Waals surface area contributed by atoms with Crippen LogP contribution in [-0.4, -0.2) is 0 Å². The predicted molar refractivity (Wildman–Crippen MR) is 47.8 cm³/mol. The molecule has 0 aliphatic rings. The van der Waals surface area contributed by atoms with Crippen molar-refractivity contribution in [2.75, 3.05) is 0 Å². The Labute approximate surface area is 64.6 Å². The number of rotatable bonds is 4. The van der Waals surface area contributed by atoms with E-state index in [1.807, 2.05) is 6.08 Å². The molecule has 0 unspecified atom stereocenters. The van der Waals surface area contributed by atoms with Crippen molar-refractivity contribution in [2.24, 2.45) is 0 Å². The quantitative estimate of drug-likeness (QED) is 0.520. The Balaban J connectivity index is 3.34. The first-order valence-electron chi connectivity index (χ1n) is 3.91. The van der Waals surface area contributed by atoms with Gasteiger partial charge in [-0.1, -0.05) is 37.1 Å². The predicted octanol–water partition coefficient (Wildman–Crippen LogP) is 3.51. The van der Waals surface area contributed by atoms with Gasteiger partial charge in [0, 0.05) is 0 Å². The summed E-state index contributed by atoms with van der Waals surface area (Å²) in [5.74, 6) is 0. The van der Waals surface area contributed by atoms with Gasteiger partial charge in [0.05, 0.1) is 0 Å². The number of unbranched alkanes of at least 4 members (excludes halogenated alkanes) is 1. The first kappa shape index (κ1) is 9.48. The van der Waals surface area contributed by atoms with Crippen molar-refractivity contribution in [2.45, 2.75) is 33.1 Å². The van der Waals surface area contributed by atoms with E-state index in [1.54, 1.807) is 0 Å². The Bertz CT molecular complexity index is 118. The molecule has 0 heterocycles. The smallest absolute Gasteiger partial charge is 0.0142 e. The summed E-state index contributed by atoms with van der Waals surface area (Å²) in [6.45, 7) is 7.98. The second kappa shape index (κ2) is 6.60. The zero-order valence-corrected chi connectivity index (χ0v) is 7.06. The molecule has 0 aromatic heterocycles. The van der Waals surface area contributed by atoms with Crippen molar-refractivity contribution < 1.29 is 0 Å². The van der Waals surface area contributed by atoms with Crippen LogP contribution >= 0.6 is 0 Å². The minimum atomic E-state index is 1.06. The Kier molecular flexibility index (Phi) is 6.25. The van der Waals surface area contributed by atoms with Crippen LogP contribution in [0.3, 0.4) is 0 Å². The molecule has 0 spiro atoms. The van der Waals surface area contributed by atoms with Crippen LogP contribution in [0.5, 0.6) is 0 Å². The maximum atomic E-state index is 3.69. The molecule has 0 saturated carbocycles. The molecular weight excluding hydrogens is 120 g/mol. The van der Waals surface area contributed by atoms with Crippen molar-refractivity contribution in [1.29, 1.82) is 0 Å². The zero-order chi connectivity index (χ0) is 7.82. The van der Waals surface area contributed by atoms with Gasteiger partial charge in [0.1, 0.15) is 0 Å². The van der Waals surface area contributed by atoms with Crippen LogP contribution < -0.4 is 0 Å². The monoisotopic (exact) mass is 137 g/mol. The summed E-state index contributed by atoms with van der Waals surface area (Å²) in [6, 6.07) is 0. The normalized spacial score (nSPS) is 12.9.